The van der Waals surface area contributed by atoms with Gasteiger partial charge in [-0.1, -0.05) is 53.9 Å². The smallest absolute Gasteiger partial charge is 0.0286 e. The molecule has 0 amide bonds. The van der Waals surface area contributed by atoms with Gasteiger partial charge >= 0.3 is 0 Å². The zero-order valence-electron chi connectivity index (χ0n) is 5.78. The van der Waals surface area contributed by atoms with Crippen LogP contribution in [0.4, 0.5) is 0 Å². The van der Waals surface area contributed by atoms with Crippen LogP contribution in [0.5, 0.6) is 0 Å². The first-order valence-electron chi connectivity index (χ1n) is 3.17. The number of hydrogen-bond acceptors (Lipinski definition) is 0. The van der Waals surface area contributed by atoms with Gasteiger partial charge in [0, 0.05) is 15.1 Å². The van der Waals surface area contributed by atoms with Crippen LogP contribution in [0.3, 0.4) is 0 Å². The van der Waals surface area contributed by atoms with Crippen molar-refractivity contribution in [2.75, 3.05) is 0 Å². The van der Waals surface area contributed by atoms with Gasteiger partial charge in [-0.2, -0.15) is 0 Å². The Hall–Kier alpha value is 0.660. The van der Waals surface area contributed by atoms with E-state index in [9.17, 15) is 0 Å². The van der Waals surface area contributed by atoms with Crippen LogP contribution in [0.2, 0.25) is 0 Å². The number of hydrogen-bond donors (Lipinski definition) is 0. The highest BCUT2D eigenvalue weighted by Gasteiger charge is 1.99. The molecule has 0 unspecified atom stereocenters. The number of benzene rings is 1. The van der Waals surface area contributed by atoms with E-state index in [4.69, 9.17) is 0 Å². The molecular formula is C8H7Br3. The summed E-state index contributed by atoms with van der Waals surface area (Å²) in [5, 5.41) is 1.83. The van der Waals surface area contributed by atoms with Crippen LogP contribution < -0.4 is 0 Å². The van der Waals surface area contributed by atoms with Gasteiger partial charge in [0.15, 0.2) is 0 Å². The molecule has 0 aromatic heterocycles. The number of rotatable bonds is 2. The van der Waals surface area contributed by atoms with Crippen LogP contribution in [0, 0.1) is 0 Å². The SMILES string of the molecule is BrCc1ccc(Br)cc1CBr. The van der Waals surface area contributed by atoms with E-state index in [1.807, 2.05) is 0 Å². The number of alkyl halides is 2. The fourth-order valence-corrected chi connectivity index (χ4v) is 2.33. The van der Waals surface area contributed by atoms with Crippen LogP contribution in [-0.4, -0.2) is 0 Å². The van der Waals surface area contributed by atoms with Crippen LogP contribution in [-0.2, 0) is 10.7 Å². The van der Waals surface area contributed by atoms with Gasteiger partial charge in [0.1, 0.15) is 0 Å². The molecule has 0 saturated heterocycles. The van der Waals surface area contributed by atoms with E-state index in [1.165, 1.54) is 11.1 Å². The van der Waals surface area contributed by atoms with Crippen molar-refractivity contribution in [1.29, 1.82) is 0 Å². The molecule has 0 fully saturated rings. The molecule has 0 aliphatic heterocycles. The van der Waals surface area contributed by atoms with Crippen molar-refractivity contribution in [3.05, 3.63) is 33.8 Å². The van der Waals surface area contributed by atoms with E-state index in [1.54, 1.807) is 0 Å². The van der Waals surface area contributed by atoms with Crippen molar-refractivity contribution in [1.82, 2.24) is 0 Å². The summed E-state index contributed by atoms with van der Waals surface area (Å²) >= 11 is 10.3. The zero-order chi connectivity index (χ0) is 8.27. The predicted molar refractivity (Wildman–Crippen MR) is 59.4 cm³/mol. The summed E-state index contributed by atoms with van der Waals surface area (Å²) in [6.45, 7) is 0. The van der Waals surface area contributed by atoms with E-state index in [0.717, 1.165) is 15.1 Å². The lowest BCUT2D eigenvalue weighted by Gasteiger charge is -2.03. The Morgan fingerprint density at radius 1 is 1.00 bits per heavy atom. The highest BCUT2D eigenvalue weighted by molar-refractivity contribution is 9.10. The maximum absolute atomic E-state index is 3.44. The predicted octanol–water partition coefficient (Wildman–Crippen LogP) is 4.24. The van der Waals surface area contributed by atoms with Gasteiger partial charge in [-0.25, -0.2) is 0 Å². The summed E-state index contributed by atoms with van der Waals surface area (Å²) in [5.74, 6) is 0. The molecule has 60 valence electrons. The minimum Gasteiger partial charge on any atom is -0.0876 e. The summed E-state index contributed by atoms with van der Waals surface area (Å²) in [7, 11) is 0. The molecule has 0 radical (unpaired) electrons. The second kappa shape index (κ2) is 4.63. The van der Waals surface area contributed by atoms with Gasteiger partial charge < -0.3 is 0 Å². The first kappa shape index (κ1) is 9.75. The quantitative estimate of drug-likeness (QED) is 0.705. The standard InChI is InChI=1S/C8H7Br3/c9-4-6-1-2-8(11)3-7(6)5-10/h1-3H,4-5H2. The molecule has 1 aromatic rings. The number of halogens is 3. The van der Waals surface area contributed by atoms with E-state index < -0.39 is 0 Å². The average Bonchev–Trinajstić information content (AvgIpc) is 2.04. The normalized spacial score (nSPS) is 10.1. The second-order valence-electron chi connectivity index (χ2n) is 2.18. The van der Waals surface area contributed by atoms with Gasteiger partial charge in [-0.15, -0.1) is 0 Å². The Kier molecular flexibility index (Phi) is 4.10. The van der Waals surface area contributed by atoms with Crippen LogP contribution in [0.25, 0.3) is 0 Å². The molecule has 0 spiro atoms. The monoisotopic (exact) mass is 340 g/mol. The molecule has 0 aliphatic carbocycles. The third-order valence-electron chi connectivity index (χ3n) is 1.46. The van der Waals surface area contributed by atoms with E-state index in [2.05, 4.69) is 66.0 Å². The van der Waals surface area contributed by atoms with Gasteiger partial charge in [-0.05, 0) is 23.3 Å². The highest BCUT2D eigenvalue weighted by Crippen LogP contribution is 2.20. The molecule has 0 nitrogen and oxygen atoms in total. The molecule has 0 N–H and O–H groups in total. The van der Waals surface area contributed by atoms with Crippen molar-refractivity contribution < 1.29 is 0 Å². The Balaban J connectivity index is 3.06. The Morgan fingerprint density at radius 2 is 1.64 bits per heavy atom. The fraction of sp³-hybridized carbons (Fsp3) is 0.250. The molecule has 0 atom stereocenters. The first-order chi connectivity index (χ1) is 5.27. The van der Waals surface area contributed by atoms with Crippen LogP contribution >= 0.6 is 47.8 Å². The molecule has 0 heterocycles. The zero-order valence-corrected chi connectivity index (χ0v) is 10.5. The molecule has 1 aromatic carbocycles. The maximum Gasteiger partial charge on any atom is 0.0286 e. The second-order valence-corrected chi connectivity index (χ2v) is 4.22. The minimum absolute atomic E-state index is 0.910. The fourth-order valence-electron chi connectivity index (χ4n) is 0.849. The van der Waals surface area contributed by atoms with Gasteiger partial charge in [0.05, 0.1) is 0 Å². The minimum atomic E-state index is 0.910. The summed E-state index contributed by atoms with van der Waals surface area (Å²) in [6.07, 6.45) is 0. The van der Waals surface area contributed by atoms with Gasteiger partial charge in [0.2, 0.25) is 0 Å². The summed E-state index contributed by atoms with van der Waals surface area (Å²) in [5.41, 5.74) is 2.67. The van der Waals surface area contributed by atoms with Crippen molar-refractivity contribution in [2.45, 2.75) is 10.7 Å². The summed E-state index contributed by atoms with van der Waals surface area (Å²) in [6, 6.07) is 6.31. The highest BCUT2D eigenvalue weighted by atomic mass is 79.9. The third-order valence-corrected chi connectivity index (χ3v) is 3.16. The van der Waals surface area contributed by atoms with Gasteiger partial charge in [-0.3, -0.25) is 0 Å². The lowest BCUT2D eigenvalue weighted by molar-refractivity contribution is 1.29. The summed E-state index contributed by atoms with van der Waals surface area (Å²) < 4.78 is 1.14. The van der Waals surface area contributed by atoms with E-state index >= 15 is 0 Å². The Labute approximate surface area is 91.8 Å². The first-order valence-corrected chi connectivity index (χ1v) is 6.20. The molecule has 11 heavy (non-hydrogen) atoms. The van der Waals surface area contributed by atoms with Crippen molar-refractivity contribution in [3.63, 3.8) is 0 Å². The van der Waals surface area contributed by atoms with Crippen molar-refractivity contribution in [2.24, 2.45) is 0 Å². The van der Waals surface area contributed by atoms with Crippen molar-refractivity contribution >= 4 is 47.8 Å². The Bertz CT molecular complexity index is 245. The molecule has 0 saturated carbocycles. The molecule has 3 heteroatoms. The van der Waals surface area contributed by atoms with E-state index in [-0.39, 0.29) is 0 Å². The van der Waals surface area contributed by atoms with Gasteiger partial charge in [0.25, 0.3) is 0 Å². The third kappa shape index (κ3) is 2.56. The molecule has 1 rings (SSSR count). The average molecular weight is 343 g/mol. The largest absolute Gasteiger partial charge is 0.0876 e. The molecule has 0 bridgehead atoms. The lowest BCUT2D eigenvalue weighted by atomic mass is 10.1. The summed E-state index contributed by atoms with van der Waals surface area (Å²) in [4.78, 5) is 0. The van der Waals surface area contributed by atoms with E-state index in [0.29, 0.717) is 0 Å². The molecular weight excluding hydrogens is 336 g/mol. The van der Waals surface area contributed by atoms with Crippen molar-refractivity contribution in [3.8, 4) is 0 Å². The maximum atomic E-state index is 3.44. The topological polar surface area (TPSA) is 0 Å². The lowest BCUT2D eigenvalue weighted by Crippen LogP contribution is -1.86. The molecule has 0 aliphatic rings. The Morgan fingerprint density at radius 3 is 2.18 bits per heavy atom. The van der Waals surface area contributed by atoms with Crippen LogP contribution in [0.15, 0.2) is 22.7 Å². The van der Waals surface area contributed by atoms with Crippen LogP contribution in [0.1, 0.15) is 11.1 Å².